The number of aromatic nitrogens is 1. The number of nitriles is 1. The topological polar surface area (TPSA) is 49.8 Å². The molecule has 0 aliphatic heterocycles. The molecule has 0 saturated carbocycles. The molecule has 0 N–H and O–H groups in total. The van der Waals surface area contributed by atoms with Crippen LogP contribution in [0.15, 0.2) is 4.52 Å². The van der Waals surface area contributed by atoms with Gasteiger partial charge in [0.25, 0.3) is 0 Å². The van der Waals surface area contributed by atoms with Crippen LogP contribution in [-0.2, 0) is 0 Å². The lowest BCUT2D eigenvalue weighted by Crippen LogP contribution is -1.78. The van der Waals surface area contributed by atoms with Crippen molar-refractivity contribution in [2.75, 3.05) is 0 Å². The SMILES string of the molecule is Cc1noc(C)c1C#CCC#N. The van der Waals surface area contributed by atoms with Gasteiger partial charge in [-0.3, -0.25) is 0 Å². The fraction of sp³-hybridized carbons (Fsp3) is 0.333. The normalized spacial score (nSPS) is 8.42. The summed E-state index contributed by atoms with van der Waals surface area (Å²) < 4.78 is 4.89. The summed E-state index contributed by atoms with van der Waals surface area (Å²) in [6.45, 7) is 3.63. The fourth-order valence-electron chi connectivity index (χ4n) is 0.834. The average Bonchev–Trinajstić information content (AvgIpc) is 2.35. The van der Waals surface area contributed by atoms with E-state index in [0.717, 1.165) is 11.3 Å². The van der Waals surface area contributed by atoms with Crippen LogP contribution in [0.4, 0.5) is 0 Å². The van der Waals surface area contributed by atoms with Crippen LogP contribution in [-0.4, -0.2) is 5.16 Å². The van der Waals surface area contributed by atoms with Crippen molar-refractivity contribution in [2.24, 2.45) is 0 Å². The van der Waals surface area contributed by atoms with Gasteiger partial charge in [-0.15, -0.1) is 0 Å². The first-order valence-electron chi connectivity index (χ1n) is 3.54. The first-order chi connectivity index (χ1) is 5.75. The zero-order valence-electron chi connectivity index (χ0n) is 7.01. The summed E-state index contributed by atoms with van der Waals surface area (Å²) >= 11 is 0. The Kier molecular flexibility index (Phi) is 2.50. The van der Waals surface area contributed by atoms with Gasteiger partial charge in [-0.2, -0.15) is 5.26 Å². The maximum absolute atomic E-state index is 8.24. The van der Waals surface area contributed by atoms with Gasteiger partial charge in [0.2, 0.25) is 0 Å². The molecule has 12 heavy (non-hydrogen) atoms. The number of rotatable bonds is 0. The van der Waals surface area contributed by atoms with Gasteiger partial charge in [-0.25, -0.2) is 0 Å². The highest BCUT2D eigenvalue weighted by Gasteiger charge is 2.04. The van der Waals surface area contributed by atoms with Crippen LogP contribution in [0.2, 0.25) is 0 Å². The Labute approximate surface area is 71.0 Å². The first-order valence-corrected chi connectivity index (χ1v) is 3.54. The summed E-state index contributed by atoms with van der Waals surface area (Å²) in [6.07, 6.45) is 0.240. The third-order valence-electron chi connectivity index (χ3n) is 1.41. The monoisotopic (exact) mass is 160 g/mol. The van der Waals surface area contributed by atoms with E-state index in [-0.39, 0.29) is 6.42 Å². The Bertz CT molecular complexity index is 354. The van der Waals surface area contributed by atoms with Gasteiger partial charge in [-0.05, 0) is 13.8 Å². The van der Waals surface area contributed by atoms with Crippen molar-refractivity contribution in [3.05, 3.63) is 17.0 Å². The highest BCUT2D eigenvalue weighted by molar-refractivity contribution is 5.39. The van der Waals surface area contributed by atoms with Crippen LogP contribution in [0.5, 0.6) is 0 Å². The lowest BCUT2D eigenvalue weighted by Gasteiger charge is -1.82. The zero-order chi connectivity index (χ0) is 8.97. The zero-order valence-corrected chi connectivity index (χ0v) is 7.01. The number of aryl methyl sites for hydroxylation is 2. The van der Waals surface area contributed by atoms with E-state index in [4.69, 9.17) is 9.78 Å². The lowest BCUT2D eigenvalue weighted by atomic mass is 10.2. The van der Waals surface area contributed by atoms with Gasteiger partial charge in [0.05, 0.1) is 23.7 Å². The molecule has 3 heteroatoms. The summed E-state index contributed by atoms with van der Waals surface area (Å²) in [7, 11) is 0. The second-order valence-electron chi connectivity index (χ2n) is 2.34. The summed E-state index contributed by atoms with van der Waals surface area (Å²) in [5.41, 5.74) is 1.57. The smallest absolute Gasteiger partial charge is 0.149 e. The van der Waals surface area contributed by atoms with Crippen LogP contribution in [0.1, 0.15) is 23.4 Å². The second-order valence-corrected chi connectivity index (χ2v) is 2.34. The molecule has 0 aliphatic carbocycles. The largest absolute Gasteiger partial charge is 0.360 e. The molecular formula is C9H8N2O. The van der Waals surface area contributed by atoms with Gasteiger partial charge in [0.1, 0.15) is 5.76 Å². The third-order valence-corrected chi connectivity index (χ3v) is 1.41. The highest BCUT2D eigenvalue weighted by Crippen LogP contribution is 2.09. The molecule has 0 atom stereocenters. The van der Waals surface area contributed by atoms with Gasteiger partial charge in [0, 0.05) is 0 Å². The maximum atomic E-state index is 8.24. The van der Waals surface area contributed by atoms with E-state index in [1.807, 2.05) is 13.0 Å². The quantitative estimate of drug-likeness (QED) is 0.541. The van der Waals surface area contributed by atoms with Crippen molar-refractivity contribution in [2.45, 2.75) is 20.3 Å². The molecular weight excluding hydrogens is 152 g/mol. The maximum Gasteiger partial charge on any atom is 0.149 e. The van der Waals surface area contributed by atoms with E-state index < -0.39 is 0 Å². The summed E-state index contributed by atoms with van der Waals surface area (Å²) in [6, 6.07) is 1.94. The molecule has 1 aromatic heterocycles. The van der Waals surface area contributed by atoms with Crippen molar-refractivity contribution in [1.29, 1.82) is 5.26 Å². The molecule has 3 nitrogen and oxygen atoms in total. The Morgan fingerprint density at radius 2 is 2.25 bits per heavy atom. The number of hydrogen-bond acceptors (Lipinski definition) is 3. The number of nitrogens with zero attached hydrogens (tertiary/aromatic N) is 2. The van der Waals surface area contributed by atoms with Gasteiger partial charge >= 0.3 is 0 Å². The molecule has 1 rings (SSSR count). The molecule has 0 radical (unpaired) electrons. The van der Waals surface area contributed by atoms with Crippen LogP contribution >= 0.6 is 0 Å². The molecule has 0 aromatic carbocycles. The molecule has 0 aliphatic rings. The van der Waals surface area contributed by atoms with Gasteiger partial charge < -0.3 is 4.52 Å². The van der Waals surface area contributed by atoms with Gasteiger partial charge in [-0.1, -0.05) is 17.0 Å². The van der Waals surface area contributed by atoms with Crippen molar-refractivity contribution in [1.82, 2.24) is 5.16 Å². The van der Waals surface area contributed by atoms with Crippen LogP contribution in [0, 0.1) is 37.0 Å². The predicted octanol–water partition coefficient (Wildman–Crippen LogP) is 1.56. The Morgan fingerprint density at radius 3 is 2.75 bits per heavy atom. The Hall–Kier alpha value is -1.74. The molecule has 0 spiro atoms. The van der Waals surface area contributed by atoms with Crippen molar-refractivity contribution in [3.8, 4) is 17.9 Å². The molecule has 0 unspecified atom stereocenters. The molecule has 60 valence electrons. The van der Waals surface area contributed by atoms with Crippen molar-refractivity contribution >= 4 is 0 Å². The average molecular weight is 160 g/mol. The predicted molar refractivity (Wildman–Crippen MR) is 43.1 cm³/mol. The molecule has 0 fully saturated rings. The standard InChI is InChI=1S/C9H8N2O/c1-7-9(5-3-4-6-10)8(2)12-11-7/h4H2,1-2H3. The van der Waals surface area contributed by atoms with Gasteiger partial charge in [0.15, 0.2) is 0 Å². The van der Waals surface area contributed by atoms with Crippen LogP contribution < -0.4 is 0 Å². The van der Waals surface area contributed by atoms with E-state index >= 15 is 0 Å². The lowest BCUT2D eigenvalue weighted by molar-refractivity contribution is 0.393. The second kappa shape index (κ2) is 3.59. The minimum absolute atomic E-state index is 0.240. The summed E-state index contributed by atoms with van der Waals surface area (Å²) in [4.78, 5) is 0. The Morgan fingerprint density at radius 1 is 1.50 bits per heavy atom. The molecule has 0 amide bonds. The number of hydrogen-bond donors (Lipinski definition) is 0. The minimum Gasteiger partial charge on any atom is -0.360 e. The van der Waals surface area contributed by atoms with E-state index in [0.29, 0.717) is 5.76 Å². The fourth-order valence-corrected chi connectivity index (χ4v) is 0.834. The molecule has 0 saturated heterocycles. The highest BCUT2D eigenvalue weighted by atomic mass is 16.5. The molecule has 1 aromatic rings. The summed E-state index contributed by atoms with van der Waals surface area (Å²) in [5.74, 6) is 6.25. The third kappa shape index (κ3) is 1.65. The van der Waals surface area contributed by atoms with E-state index in [2.05, 4.69) is 17.0 Å². The molecule has 0 bridgehead atoms. The van der Waals surface area contributed by atoms with E-state index in [9.17, 15) is 0 Å². The van der Waals surface area contributed by atoms with Crippen LogP contribution in [0.3, 0.4) is 0 Å². The van der Waals surface area contributed by atoms with Crippen molar-refractivity contribution in [3.63, 3.8) is 0 Å². The minimum atomic E-state index is 0.240. The molecule has 1 heterocycles. The van der Waals surface area contributed by atoms with E-state index in [1.54, 1.807) is 6.92 Å². The van der Waals surface area contributed by atoms with Crippen molar-refractivity contribution < 1.29 is 4.52 Å². The van der Waals surface area contributed by atoms with E-state index in [1.165, 1.54) is 0 Å². The van der Waals surface area contributed by atoms with Crippen LogP contribution in [0.25, 0.3) is 0 Å². The summed E-state index contributed by atoms with van der Waals surface area (Å²) in [5, 5.41) is 12.0. The first kappa shape index (κ1) is 8.36. The Balaban J connectivity index is 2.91.